The fourth-order valence-corrected chi connectivity index (χ4v) is 3.58. The van der Waals surface area contributed by atoms with E-state index in [0.29, 0.717) is 11.8 Å². The van der Waals surface area contributed by atoms with Crippen molar-refractivity contribution in [2.24, 2.45) is 11.8 Å². The molecule has 2 aliphatic rings. The quantitative estimate of drug-likeness (QED) is 0.705. The third kappa shape index (κ3) is 4.76. The molecule has 0 bridgehead atoms. The van der Waals surface area contributed by atoms with Crippen molar-refractivity contribution >= 4 is 17.8 Å². The maximum absolute atomic E-state index is 11.6. The van der Waals surface area contributed by atoms with E-state index in [1.165, 1.54) is 30.8 Å². The maximum atomic E-state index is 11.6. The second kappa shape index (κ2) is 7.11. The number of urea groups is 1. The molecule has 2 amide bonds. The molecule has 0 aromatic heterocycles. The van der Waals surface area contributed by atoms with Crippen LogP contribution in [0.15, 0.2) is 0 Å². The van der Waals surface area contributed by atoms with Gasteiger partial charge >= 0.3 is 6.03 Å². The number of carbonyl (C=O) groups is 1. The lowest BCUT2D eigenvalue weighted by atomic mass is 10.0. The van der Waals surface area contributed by atoms with Gasteiger partial charge in [-0.1, -0.05) is 0 Å². The molecule has 2 fully saturated rings. The minimum atomic E-state index is 0.00938. The molecule has 2 heterocycles. The number of rotatable bonds is 4. The zero-order valence-electron chi connectivity index (χ0n) is 10.3. The summed E-state index contributed by atoms with van der Waals surface area (Å²) >= 11 is 2.02. The van der Waals surface area contributed by atoms with Crippen molar-refractivity contribution in [3.63, 3.8) is 0 Å². The van der Waals surface area contributed by atoms with Crippen molar-refractivity contribution < 1.29 is 4.79 Å². The fourth-order valence-electron chi connectivity index (χ4n) is 2.38. The van der Waals surface area contributed by atoms with Gasteiger partial charge in [-0.25, -0.2) is 4.79 Å². The van der Waals surface area contributed by atoms with Gasteiger partial charge in [-0.3, -0.25) is 0 Å². The van der Waals surface area contributed by atoms with Gasteiger partial charge < -0.3 is 16.0 Å². The highest BCUT2D eigenvalue weighted by molar-refractivity contribution is 7.99. The molecule has 2 saturated heterocycles. The molecule has 1 unspecified atom stereocenters. The van der Waals surface area contributed by atoms with Crippen LogP contribution in [0.3, 0.4) is 0 Å². The average Bonchev–Trinajstić information content (AvgIpc) is 2.88. The van der Waals surface area contributed by atoms with Crippen molar-refractivity contribution in [3.8, 4) is 0 Å². The van der Waals surface area contributed by atoms with Gasteiger partial charge in [0.25, 0.3) is 0 Å². The summed E-state index contributed by atoms with van der Waals surface area (Å²) < 4.78 is 0. The Hall–Kier alpha value is -0.420. The van der Waals surface area contributed by atoms with Gasteiger partial charge in [0, 0.05) is 13.1 Å². The number of nitrogens with one attached hydrogen (secondary N) is 3. The smallest absolute Gasteiger partial charge is 0.314 e. The van der Waals surface area contributed by atoms with Gasteiger partial charge in [-0.05, 0) is 55.7 Å². The van der Waals surface area contributed by atoms with Crippen molar-refractivity contribution in [2.45, 2.75) is 19.3 Å². The average molecular weight is 257 g/mol. The van der Waals surface area contributed by atoms with E-state index in [1.807, 2.05) is 11.8 Å². The summed E-state index contributed by atoms with van der Waals surface area (Å²) in [5.74, 6) is 3.81. The number of carbonyl (C=O) groups excluding carboxylic acids is 1. The van der Waals surface area contributed by atoms with E-state index in [0.717, 1.165) is 26.2 Å². The molecule has 0 saturated carbocycles. The van der Waals surface area contributed by atoms with Crippen molar-refractivity contribution in [2.75, 3.05) is 37.7 Å². The molecule has 2 rings (SSSR count). The highest BCUT2D eigenvalue weighted by Gasteiger charge is 2.16. The maximum Gasteiger partial charge on any atom is 0.314 e. The van der Waals surface area contributed by atoms with E-state index in [-0.39, 0.29) is 6.03 Å². The second-order valence-corrected chi connectivity index (χ2v) is 6.23. The van der Waals surface area contributed by atoms with Crippen LogP contribution in [0.1, 0.15) is 19.3 Å². The van der Waals surface area contributed by atoms with Gasteiger partial charge in [-0.15, -0.1) is 0 Å². The summed E-state index contributed by atoms with van der Waals surface area (Å²) in [6, 6.07) is 0.00938. The first kappa shape index (κ1) is 13.0. The highest BCUT2D eigenvalue weighted by Crippen LogP contribution is 2.21. The molecule has 2 aliphatic heterocycles. The Balaban J connectivity index is 1.53. The van der Waals surface area contributed by atoms with Gasteiger partial charge in [0.2, 0.25) is 0 Å². The van der Waals surface area contributed by atoms with E-state index < -0.39 is 0 Å². The standard InChI is InChI=1S/C12H23N3OS/c16-12(15-9-11-1-4-13-7-11)14-8-10-2-5-17-6-3-10/h10-11,13H,1-9H2,(H2,14,15,16). The van der Waals surface area contributed by atoms with Crippen LogP contribution in [-0.2, 0) is 0 Å². The van der Waals surface area contributed by atoms with Crippen molar-refractivity contribution in [1.82, 2.24) is 16.0 Å². The molecular weight excluding hydrogens is 234 g/mol. The first-order valence-corrected chi connectivity index (χ1v) is 7.80. The van der Waals surface area contributed by atoms with Crippen LogP contribution in [0, 0.1) is 11.8 Å². The van der Waals surface area contributed by atoms with E-state index in [4.69, 9.17) is 0 Å². The normalized spacial score (nSPS) is 25.8. The predicted molar refractivity (Wildman–Crippen MR) is 72.4 cm³/mol. The largest absolute Gasteiger partial charge is 0.338 e. The molecule has 0 aromatic carbocycles. The number of amides is 2. The molecule has 3 N–H and O–H groups in total. The van der Waals surface area contributed by atoms with E-state index >= 15 is 0 Å². The summed E-state index contributed by atoms with van der Waals surface area (Å²) in [5, 5.41) is 9.27. The zero-order chi connectivity index (χ0) is 11.9. The molecule has 0 spiro atoms. The lowest BCUT2D eigenvalue weighted by Crippen LogP contribution is -2.41. The Kier molecular flexibility index (Phi) is 5.45. The van der Waals surface area contributed by atoms with E-state index in [1.54, 1.807) is 0 Å². The Morgan fingerprint density at radius 1 is 1.12 bits per heavy atom. The SMILES string of the molecule is O=C(NCC1CCSCC1)NCC1CCNC1. The Morgan fingerprint density at radius 2 is 1.82 bits per heavy atom. The first-order valence-electron chi connectivity index (χ1n) is 6.65. The molecule has 0 radical (unpaired) electrons. The van der Waals surface area contributed by atoms with Crippen LogP contribution in [0.5, 0.6) is 0 Å². The molecule has 1 atom stereocenters. The van der Waals surface area contributed by atoms with E-state index in [9.17, 15) is 4.79 Å². The highest BCUT2D eigenvalue weighted by atomic mass is 32.2. The van der Waals surface area contributed by atoms with Crippen LogP contribution in [0.25, 0.3) is 0 Å². The summed E-state index contributed by atoms with van der Waals surface area (Å²) in [7, 11) is 0. The minimum Gasteiger partial charge on any atom is -0.338 e. The van der Waals surface area contributed by atoms with Gasteiger partial charge in [-0.2, -0.15) is 11.8 Å². The predicted octanol–water partition coefficient (Wildman–Crippen LogP) is 1.04. The van der Waals surface area contributed by atoms with Crippen molar-refractivity contribution in [1.29, 1.82) is 0 Å². The second-order valence-electron chi connectivity index (χ2n) is 5.01. The van der Waals surface area contributed by atoms with Gasteiger partial charge in [0.1, 0.15) is 0 Å². The zero-order valence-corrected chi connectivity index (χ0v) is 11.2. The third-order valence-electron chi connectivity index (χ3n) is 3.61. The molecule has 0 aromatic rings. The lowest BCUT2D eigenvalue weighted by Gasteiger charge is -2.21. The Bertz CT molecular complexity index is 238. The number of hydrogen-bond donors (Lipinski definition) is 3. The first-order chi connectivity index (χ1) is 8.34. The number of thioether (sulfide) groups is 1. The monoisotopic (exact) mass is 257 g/mol. The minimum absolute atomic E-state index is 0.00938. The van der Waals surface area contributed by atoms with Crippen molar-refractivity contribution in [3.05, 3.63) is 0 Å². The summed E-state index contributed by atoms with van der Waals surface area (Å²) in [6.45, 7) is 3.78. The van der Waals surface area contributed by atoms with Crippen LogP contribution in [0.4, 0.5) is 4.79 Å². The van der Waals surface area contributed by atoms with Crippen LogP contribution in [0.2, 0.25) is 0 Å². The molecule has 17 heavy (non-hydrogen) atoms. The Morgan fingerprint density at radius 3 is 2.47 bits per heavy atom. The summed E-state index contributed by atoms with van der Waals surface area (Å²) in [4.78, 5) is 11.6. The molecule has 4 nitrogen and oxygen atoms in total. The lowest BCUT2D eigenvalue weighted by molar-refractivity contribution is 0.237. The van der Waals surface area contributed by atoms with Gasteiger partial charge in [0.05, 0.1) is 0 Å². The summed E-state index contributed by atoms with van der Waals surface area (Å²) in [6.07, 6.45) is 3.68. The Labute approximate surface area is 108 Å². The van der Waals surface area contributed by atoms with Gasteiger partial charge in [0.15, 0.2) is 0 Å². The van der Waals surface area contributed by atoms with Crippen LogP contribution in [-0.4, -0.2) is 43.7 Å². The molecule has 98 valence electrons. The molecule has 5 heteroatoms. The fraction of sp³-hybridized carbons (Fsp3) is 0.917. The van der Waals surface area contributed by atoms with Crippen LogP contribution < -0.4 is 16.0 Å². The van der Waals surface area contributed by atoms with Crippen LogP contribution >= 0.6 is 11.8 Å². The van der Waals surface area contributed by atoms with E-state index in [2.05, 4.69) is 16.0 Å². The molecule has 0 aliphatic carbocycles. The topological polar surface area (TPSA) is 53.2 Å². The summed E-state index contributed by atoms with van der Waals surface area (Å²) in [5.41, 5.74) is 0. The number of hydrogen-bond acceptors (Lipinski definition) is 3. The molecular formula is C12H23N3OS. The third-order valence-corrected chi connectivity index (χ3v) is 4.65.